The first kappa shape index (κ1) is 25.0. The topological polar surface area (TPSA) is 142 Å². The number of hydrogen-bond donors (Lipinski definition) is 2. The first-order chi connectivity index (χ1) is 19.2. The van der Waals surface area contributed by atoms with Crippen molar-refractivity contribution in [1.82, 2.24) is 39.7 Å². The molecule has 3 N–H and O–H groups in total. The molecule has 11 nitrogen and oxygen atoms in total. The van der Waals surface area contributed by atoms with E-state index in [0.29, 0.717) is 22.4 Å². The number of pyridine rings is 1. The van der Waals surface area contributed by atoms with Gasteiger partial charge in [-0.15, -0.1) is 5.10 Å². The molecule has 40 heavy (non-hydrogen) atoms. The number of carbonyl (C=O) groups is 1. The monoisotopic (exact) mass is 547 g/mol. The first-order valence-electron chi connectivity index (χ1n) is 12.0. The highest BCUT2D eigenvalue weighted by Gasteiger charge is 2.41. The summed E-state index contributed by atoms with van der Waals surface area (Å²) in [7, 11) is 0. The Hall–Kier alpha value is -5.27. The normalized spacial score (nSPS) is 13.5. The van der Waals surface area contributed by atoms with E-state index in [9.17, 15) is 18.0 Å². The van der Waals surface area contributed by atoms with Gasteiger partial charge in [0.25, 0.3) is 5.91 Å². The lowest BCUT2D eigenvalue weighted by Crippen LogP contribution is -2.48. The van der Waals surface area contributed by atoms with Crippen molar-refractivity contribution in [3.05, 3.63) is 90.1 Å². The molecular formula is C26H20F3N9O2. The van der Waals surface area contributed by atoms with Gasteiger partial charge in [-0.2, -0.15) is 27.8 Å². The highest BCUT2D eigenvalue weighted by molar-refractivity contribution is 5.94. The van der Waals surface area contributed by atoms with Crippen LogP contribution in [0.2, 0.25) is 0 Å². The molecule has 202 valence electrons. The number of rotatable bonds is 6. The van der Waals surface area contributed by atoms with Crippen LogP contribution in [-0.4, -0.2) is 40.3 Å². The lowest BCUT2D eigenvalue weighted by Gasteiger charge is -2.30. The molecule has 0 radical (unpaired) electrons. The minimum absolute atomic E-state index is 0.0197. The molecule has 0 saturated carbocycles. The zero-order chi connectivity index (χ0) is 28.1. The maximum Gasteiger partial charge on any atom is 0.418 e. The third kappa shape index (κ3) is 4.00. The molecule has 5 heterocycles. The van der Waals surface area contributed by atoms with Gasteiger partial charge in [0.15, 0.2) is 22.6 Å². The molecule has 6 rings (SSSR count). The highest BCUT2D eigenvalue weighted by Crippen LogP contribution is 2.33. The van der Waals surface area contributed by atoms with Crippen molar-refractivity contribution in [3.8, 4) is 11.6 Å². The molecular weight excluding hydrogens is 527 g/mol. The summed E-state index contributed by atoms with van der Waals surface area (Å²) in [5.74, 6) is 0.0391. The van der Waals surface area contributed by atoms with Crippen LogP contribution in [0.5, 0.6) is 0 Å². The molecule has 1 aromatic carbocycles. The summed E-state index contributed by atoms with van der Waals surface area (Å²) >= 11 is 0. The second-order valence-electron chi connectivity index (χ2n) is 9.03. The second kappa shape index (κ2) is 9.18. The van der Waals surface area contributed by atoms with E-state index in [1.165, 1.54) is 33.9 Å². The Labute approximate surface area is 223 Å². The van der Waals surface area contributed by atoms with Gasteiger partial charge in [0.1, 0.15) is 0 Å². The number of anilines is 1. The maximum absolute atomic E-state index is 13.9. The molecule has 6 aromatic rings. The smallest absolute Gasteiger partial charge is 0.418 e. The van der Waals surface area contributed by atoms with Crippen LogP contribution in [0.4, 0.5) is 19.1 Å². The molecule has 0 spiro atoms. The van der Waals surface area contributed by atoms with Gasteiger partial charge in [-0.1, -0.05) is 30.3 Å². The van der Waals surface area contributed by atoms with E-state index < -0.39 is 29.7 Å². The lowest BCUT2D eigenvalue weighted by atomic mass is 9.91. The van der Waals surface area contributed by atoms with Crippen LogP contribution in [-0.2, 0) is 23.1 Å². The lowest BCUT2D eigenvalue weighted by molar-refractivity contribution is -0.139. The molecule has 0 fully saturated rings. The number of nitrogen functional groups attached to an aromatic ring is 1. The Morgan fingerprint density at radius 1 is 1.05 bits per heavy atom. The van der Waals surface area contributed by atoms with Gasteiger partial charge in [0.2, 0.25) is 11.8 Å². The van der Waals surface area contributed by atoms with Gasteiger partial charge >= 0.3 is 6.18 Å². The van der Waals surface area contributed by atoms with Crippen molar-refractivity contribution >= 4 is 28.5 Å². The summed E-state index contributed by atoms with van der Waals surface area (Å²) in [5, 5.41) is 11.9. The van der Waals surface area contributed by atoms with Gasteiger partial charge in [0, 0.05) is 6.20 Å². The Kier molecular flexibility index (Phi) is 5.75. The highest BCUT2D eigenvalue weighted by atomic mass is 19.4. The number of nitrogens with zero attached hydrogens (tertiary/aromatic N) is 7. The fraction of sp³-hybridized carbons (Fsp3) is 0.154. The van der Waals surface area contributed by atoms with Gasteiger partial charge in [0.05, 0.1) is 35.6 Å². The SMILES string of the molecule is CC(C(=O)NCc1ncccc1C(F)(F)F)(c1ccccc1)n1ncc2c1nc(N)n1nc(-c3ccco3)nc21. The quantitative estimate of drug-likeness (QED) is 0.321. The fourth-order valence-electron chi connectivity index (χ4n) is 4.53. The van der Waals surface area contributed by atoms with Gasteiger partial charge in [-0.05, 0) is 36.8 Å². The number of halogens is 3. The number of nitrogens with two attached hydrogens (primary N) is 1. The summed E-state index contributed by atoms with van der Waals surface area (Å²) in [6.45, 7) is 1.12. The second-order valence-corrected chi connectivity index (χ2v) is 9.03. The first-order valence-corrected chi connectivity index (χ1v) is 12.0. The van der Waals surface area contributed by atoms with E-state index in [2.05, 4.69) is 30.5 Å². The molecule has 0 aliphatic heterocycles. The predicted octanol–water partition coefficient (Wildman–Crippen LogP) is 3.81. The zero-order valence-electron chi connectivity index (χ0n) is 20.8. The molecule has 0 bridgehead atoms. The standard InChI is InChI=1S/C26H20F3N9O2/c1-25(15-7-3-2-4-8-15,23(39)32-14-18-17(26(27,28)29)9-5-11-31-18)38-22-16(13-33-38)21-34-20(19-10-6-12-40-19)36-37(21)24(30)35-22/h2-13H,14H2,1H3,(H2,30,35)(H,32,39). The van der Waals surface area contributed by atoms with Crippen LogP contribution in [0.15, 0.2) is 77.7 Å². The summed E-state index contributed by atoms with van der Waals surface area (Å²) < 4.78 is 48.7. The van der Waals surface area contributed by atoms with E-state index in [0.717, 1.165) is 6.07 Å². The molecule has 1 amide bonds. The molecule has 5 aromatic heterocycles. The van der Waals surface area contributed by atoms with E-state index in [4.69, 9.17) is 10.2 Å². The summed E-state index contributed by atoms with van der Waals surface area (Å²) in [5.41, 5.74) is 4.48. The van der Waals surface area contributed by atoms with Crippen LogP contribution < -0.4 is 11.1 Å². The molecule has 0 saturated heterocycles. The van der Waals surface area contributed by atoms with Crippen LogP contribution in [0.1, 0.15) is 23.7 Å². The Balaban J connectivity index is 1.46. The Bertz CT molecular complexity index is 1850. The van der Waals surface area contributed by atoms with Crippen molar-refractivity contribution < 1.29 is 22.4 Å². The van der Waals surface area contributed by atoms with E-state index in [1.54, 1.807) is 49.4 Å². The van der Waals surface area contributed by atoms with Crippen LogP contribution >= 0.6 is 0 Å². The number of amides is 1. The minimum Gasteiger partial charge on any atom is -0.461 e. The average molecular weight is 548 g/mol. The maximum atomic E-state index is 13.9. The van der Waals surface area contributed by atoms with Gasteiger partial charge < -0.3 is 15.5 Å². The predicted molar refractivity (Wildman–Crippen MR) is 136 cm³/mol. The Morgan fingerprint density at radius 2 is 1.85 bits per heavy atom. The third-order valence-corrected chi connectivity index (χ3v) is 6.58. The number of aromatic nitrogens is 7. The summed E-state index contributed by atoms with van der Waals surface area (Å²) in [6, 6.07) is 14.2. The minimum atomic E-state index is -4.63. The van der Waals surface area contributed by atoms with Crippen LogP contribution in [0, 0.1) is 0 Å². The van der Waals surface area contributed by atoms with Crippen molar-refractivity contribution in [2.24, 2.45) is 0 Å². The number of carbonyl (C=O) groups excluding carboxylic acids is 1. The summed E-state index contributed by atoms with van der Waals surface area (Å²) in [4.78, 5) is 26.7. The molecule has 14 heteroatoms. The summed E-state index contributed by atoms with van der Waals surface area (Å²) in [6.07, 6.45) is -0.425. The van der Waals surface area contributed by atoms with Crippen LogP contribution in [0.3, 0.4) is 0 Å². The largest absolute Gasteiger partial charge is 0.461 e. The average Bonchev–Trinajstić information content (AvgIpc) is 3.71. The van der Waals surface area contributed by atoms with E-state index in [-0.39, 0.29) is 23.1 Å². The van der Waals surface area contributed by atoms with Crippen molar-refractivity contribution in [1.29, 1.82) is 0 Å². The van der Waals surface area contributed by atoms with E-state index in [1.807, 2.05) is 0 Å². The van der Waals surface area contributed by atoms with Gasteiger partial charge in [-0.25, -0.2) is 9.67 Å². The Morgan fingerprint density at radius 3 is 2.58 bits per heavy atom. The number of nitrogens with one attached hydrogen (secondary N) is 1. The third-order valence-electron chi connectivity index (χ3n) is 6.58. The number of fused-ring (bicyclic) bond motifs is 3. The van der Waals surface area contributed by atoms with E-state index >= 15 is 0 Å². The van der Waals surface area contributed by atoms with Crippen molar-refractivity contribution in [3.63, 3.8) is 0 Å². The van der Waals surface area contributed by atoms with Crippen LogP contribution in [0.25, 0.3) is 28.3 Å². The van der Waals surface area contributed by atoms with Gasteiger partial charge in [-0.3, -0.25) is 9.78 Å². The molecule has 0 aliphatic rings. The van der Waals surface area contributed by atoms with Crippen molar-refractivity contribution in [2.45, 2.75) is 25.2 Å². The molecule has 1 unspecified atom stereocenters. The molecule has 0 aliphatic carbocycles. The molecule has 1 atom stereocenters. The number of furan rings is 1. The zero-order valence-corrected chi connectivity index (χ0v) is 20.8. The number of hydrogen-bond acceptors (Lipinski definition) is 8. The number of benzene rings is 1. The fourth-order valence-corrected chi connectivity index (χ4v) is 4.53. The van der Waals surface area contributed by atoms with Crippen molar-refractivity contribution in [2.75, 3.05) is 5.73 Å². The number of alkyl halides is 3.